The standard InChI is InChI=1S/C30H18BrCl2N3O3/c31-21-10-12-26(38-17-19-9-11-22(32)15-24(19)33)20(13-21)16-34-36-29(28-14-18-5-1-4-8-27(18)39-28)35-25-7-3-2-6-23(25)30(36)37/h1-16H,17H2. The summed E-state index contributed by atoms with van der Waals surface area (Å²) >= 11 is 15.8. The van der Waals surface area contributed by atoms with E-state index < -0.39 is 0 Å². The average molecular weight is 619 g/mol. The third-order valence-corrected chi connectivity index (χ3v) is 7.16. The molecule has 0 unspecified atom stereocenters. The molecule has 0 bridgehead atoms. The fourth-order valence-corrected chi connectivity index (χ4v) is 4.99. The molecule has 0 radical (unpaired) electrons. The molecule has 0 amide bonds. The molecule has 4 aromatic carbocycles. The lowest BCUT2D eigenvalue weighted by atomic mass is 10.2. The van der Waals surface area contributed by atoms with Crippen LogP contribution < -0.4 is 10.3 Å². The molecule has 0 saturated heterocycles. The van der Waals surface area contributed by atoms with Gasteiger partial charge < -0.3 is 9.15 Å². The van der Waals surface area contributed by atoms with Crippen LogP contribution in [0.1, 0.15) is 11.1 Å². The van der Waals surface area contributed by atoms with Crippen LogP contribution in [-0.2, 0) is 6.61 Å². The lowest BCUT2D eigenvalue weighted by Crippen LogP contribution is -2.20. The molecule has 9 heteroatoms. The predicted molar refractivity (Wildman–Crippen MR) is 159 cm³/mol. The third kappa shape index (κ3) is 5.21. The van der Waals surface area contributed by atoms with Crippen LogP contribution in [0.3, 0.4) is 0 Å². The van der Waals surface area contributed by atoms with Crippen molar-refractivity contribution >= 4 is 67.2 Å². The molecule has 6 rings (SSSR count). The van der Waals surface area contributed by atoms with Crippen LogP contribution in [0.5, 0.6) is 5.75 Å². The van der Waals surface area contributed by atoms with E-state index in [0.29, 0.717) is 43.6 Å². The van der Waals surface area contributed by atoms with Gasteiger partial charge in [-0.1, -0.05) is 75.5 Å². The summed E-state index contributed by atoms with van der Waals surface area (Å²) in [7, 11) is 0. The van der Waals surface area contributed by atoms with E-state index in [2.05, 4.69) is 21.0 Å². The highest BCUT2D eigenvalue weighted by Gasteiger charge is 2.16. The van der Waals surface area contributed by atoms with E-state index in [1.165, 1.54) is 4.68 Å². The average Bonchev–Trinajstić information content (AvgIpc) is 3.37. The number of aromatic nitrogens is 2. The Morgan fingerprint density at radius 3 is 2.64 bits per heavy atom. The molecular weight excluding hydrogens is 601 g/mol. The van der Waals surface area contributed by atoms with Crippen molar-refractivity contribution in [2.75, 3.05) is 0 Å². The smallest absolute Gasteiger partial charge is 0.282 e. The maximum Gasteiger partial charge on any atom is 0.282 e. The van der Waals surface area contributed by atoms with Crippen molar-refractivity contribution in [2.45, 2.75) is 6.61 Å². The van der Waals surface area contributed by atoms with Gasteiger partial charge in [-0.25, -0.2) is 4.98 Å². The lowest BCUT2D eigenvalue weighted by molar-refractivity contribution is 0.306. The molecule has 2 aromatic heterocycles. The van der Waals surface area contributed by atoms with E-state index in [1.807, 2.05) is 60.7 Å². The number of fused-ring (bicyclic) bond motifs is 2. The minimum absolute atomic E-state index is 0.222. The first-order valence-corrected chi connectivity index (χ1v) is 13.4. The summed E-state index contributed by atoms with van der Waals surface area (Å²) in [5.74, 6) is 1.27. The zero-order chi connectivity index (χ0) is 26.9. The van der Waals surface area contributed by atoms with Crippen molar-refractivity contribution in [3.63, 3.8) is 0 Å². The SMILES string of the molecule is O=c1c2ccccc2nc(-c2cc3ccccc3o2)n1N=Cc1cc(Br)ccc1OCc1ccc(Cl)cc1Cl. The number of halogens is 3. The number of benzene rings is 4. The molecule has 6 nitrogen and oxygen atoms in total. The van der Waals surface area contributed by atoms with Crippen LogP contribution >= 0.6 is 39.1 Å². The van der Waals surface area contributed by atoms with Gasteiger partial charge in [0.05, 0.1) is 17.1 Å². The lowest BCUT2D eigenvalue weighted by Gasteiger charge is -2.11. The van der Waals surface area contributed by atoms with Crippen molar-refractivity contribution in [1.29, 1.82) is 0 Å². The normalized spacial score (nSPS) is 11.6. The van der Waals surface area contributed by atoms with Gasteiger partial charge in [-0.2, -0.15) is 9.78 Å². The highest BCUT2D eigenvalue weighted by Crippen LogP contribution is 2.28. The quantitative estimate of drug-likeness (QED) is 0.176. The number of furan rings is 1. The second kappa shape index (κ2) is 10.7. The van der Waals surface area contributed by atoms with Crippen LogP contribution in [-0.4, -0.2) is 15.9 Å². The number of rotatable bonds is 6. The summed E-state index contributed by atoms with van der Waals surface area (Å²) < 4.78 is 14.2. The molecule has 0 saturated carbocycles. The second-order valence-electron chi connectivity index (χ2n) is 8.67. The Hall–Kier alpha value is -3.91. The molecule has 0 spiro atoms. The number of hydrogen-bond acceptors (Lipinski definition) is 5. The molecule has 192 valence electrons. The summed E-state index contributed by atoms with van der Waals surface area (Å²) in [5.41, 5.74) is 2.35. The Bertz CT molecular complexity index is 1920. The van der Waals surface area contributed by atoms with Crippen LogP contribution in [0.4, 0.5) is 0 Å². The Balaban J connectivity index is 1.43. The second-order valence-corrected chi connectivity index (χ2v) is 10.4. The molecule has 39 heavy (non-hydrogen) atoms. The molecule has 0 N–H and O–H groups in total. The Kier molecular flexibility index (Phi) is 6.95. The summed E-state index contributed by atoms with van der Waals surface area (Å²) in [4.78, 5) is 18.3. The molecule has 0 aliphatic heterocycles. The van der Waals surface area contributed by atoms with E-state index in [1.54, 1.807) is 36.5 Å². The van der Waals surface area contributed by atoms with E-state index in [4.69, 9.17) is 37.3 Å². The maximum absolute atomic E-state index is 13.6. The van der Waals surface area contributed by atoms with Crippen LogP contribution in [0.2, 0.25) is 10.0 Å². The molecule has 0 atom stereocenters. The van der Waals surface area contributed by atoms with Gasteiger partial charge in [-0.3, -0.25) is 4.79 Å². The van der Waals surface area contributed by atoms with Gasteiger partial charge in [-0.15, -0.1) is 0 Å². The molecule has 2 heterocycles. The van der Waals surface area contributed by atoms with Gasteiger partial charge in [0.15, 0.2) is 5.76 Å². The van der Waals surface area contributed by atoms with Gasteiger partial charge in [0, 0.05) is 31.0 Å². The van der Waals surface area contributed by atoms with E-state index in [9.17, 15) is 4.79 Å². The Morgan fingerprint density at radius 1 is 0.974 bits per heavy atom. The summed E-state index contributed by atoms with van der Waals surface area (Å²) in [6.07, 6.45) is 1.56. The first kappa shape index (κ1) is 25.4. The van der Waals surface area contributed by atoms with Gasteiger partial charge >= 0.3 is 0 Å². The van der Waals surface area contributed by atoms with Crippen molar-refractivity contribution < 1.29 is 9.15 Å². The largest absolute Gasteiger partial charge is 0.488 e. The predicted octanol–water partition coefficient (Wildman–Crippen LogP) is 8.34. The maximum atomic E-state index is 13.6. The monoisotopic (exact) mass is 617 g/mol. The first-order chi connectivity index (χ1) is 19.0. The fourth-order valence-electron chi connectivity index (χ4n) is 4.15. The van der Waals surface area contributed by atoms with Crippen molar-refractivity contribution in [1.82, 2.24) is 9.66 Å². The van der Waals surface area contributed by atoms with Crippen molar-refractivity contribution in [3.05, 3.63) is 127 Å². The molecular formula is C30H18BrCl2N3O3. The van der Waals surface area contributed by atoms with Gasteiger partial charge in [0.2, 0.25) is 5.82 Å². The van der Waals surface area contributed by atoms with Crippen molar-refractivity contribution in [3.8, 4) is 17.3 Å². The molecule has 0 fully saturated rings. The van der Waals surface area contributed by atoms with Gasteiger partial charge in [0.1, 0.15) is 17.9 Å². The number of para-hydroxylation sites is 2. The minimum Gasteiger partial charge on any atom is -0.488 e. The van der Waals surface area contributed by atoms with E-state index in [-0.39, 0.29) is 18.0 Å². The van der Waals surface area contributed by atoms with Crippen LogP contribution in [0, 0.1) is 0 Å². The molecule has 0 aliphatic rings. The third-order valence-electron chi connectivity index (χ3n) is 6.08. The first-order valence-electron chi connectivity index (χ1n) is 11.9. The minimum atomic E-state index is -0.322. The molecule has 6 aromatic rings. The Labute approximate surface area is 241 Å². The number of ether oxygens (including phenoxy) is 1. The van der Waals surface area contributed by atoms with E-state index in [0.717, 1.165) is 15.4 Å². The molecule has 0 aliphatic carbocycles. The topological polar surface area (TPSA) is 69.6 Å². The summed E-state index contributed by atoms with van der Waals surface area (Å²) in [6.45, 7) is 0.222. The highest BCUT2D eigenvalue weighted by atomic mass is 79.9. The zero-order valence-corrected chi connectivity index (χ0v) is 23.2. The van der Waals surface area contributed by atoms with Gasteiger partial charge in [0.25, 0.3) is 5.56 Å². The summed E-state index contributed by atoms with van der Waals surface area (Å²) in [5, 5.41) is 6.97. The van der Waals surface area contributed by atoms with Crippen LogP contribution in [0.25, 0.3) is 33.5 Å². The Morgan fingerprint density at radius 2 is 1.79 bits per heavy atom. The fraction of sp³-hybridized carbons (Fsp3) is 0.0333. The number of hydrogen-bond donors (Lipinski definition) is 0. The van der Waals surface area contributed by atoms with Crippen LogP contribution in [0.15, 0.2) is 110 Å². The number of nitrogens with zero attached hydrogens (tertiary/aromatic N) is 3. The summed E-state index contributed by atoms with van der Waals surface area (Å²) in [6, 6.07) is 27.4. The van der Waals surface area contributed by atoms with Crippen molar-refractivity contribution in [2.24, 2.45) is 5.10 Å². The van der Waals surface area contributed by atoms with Gasteiger partial charge in [-0.05, 0) is 54.6 Å². The highest BCUT2D eigenvalue weighted by molar-refractivity contribution is 9.10. The zero-order valence-electron chi connectivity index (χ0n) is 20.1. The van der Waals surface area contributed by atoms with E-state index >= 15 is 0 Å².